The number of aliphatic hydroxyl groups is 1. The van der Waals surface area contributed by atoms with Gasteiger partial charge in [-0.2, -0.15) is 0 Å². The fraction of sp³-hybridized carbons (Fsp3) is 1.00. The minimum absolute atomic E-state index is 0.0376. The molecule has 0 spiro atoms. The van der Waals surface area contributed by atoms with Crippen LogP contribution in [0.3, 0.4) is 0 Å². The van der Waals surface area contributed by atoms with Gasteiger partial charge >= 0.3 is 0 Å². The van der Waals surface area contributed by atoms with Crippen molar-refractivity contribution in [2.45, 2.75) is 6.10 Å². The second-order valence-electron chi connectivity index (χ2n) is 2.04. The highest BCUT2D eigenvalue weighted by atomic mass is 127. The van der Waals surface area contributed by atoms with Crippen LogP contribution < -0.4 is 0 Å². The van der Waals surface area contributed by atoms with Gasteiger partial charge in [0.1, 0.15) is 0 Å². The molecule has 0 radical (unpaired) electrons. The third-order valence-corrected chi connectivity index (χ3v) is 2.17. The van der Waals surface area contributed by atoms with E-state index in [0.717, 1.165) is 19.7 Å². The molecule has 0 amide bonds. The maximum Gasteiger partial charge on any atom is 0.0941 e. The molecule has 9 heavy (non-hydrogen) atoms. The van der Waals surface area contributed by atoms with Crippen LogP contribution in [-0.4, -0.2) is 40.6 Å². The van der Waals surface area contributed by atoms with Gasteiger partial charge in [0.05, 0.1) is 19.3 Å². The predicted molar refractivity (Wildman–Crippen MR) is 42.4 cm³/mol. The van der Waals surface area contributed by atoms with E-state index >= 15 is 0 Å². The standard InChI is InChI=1S/C5H10INO2/c6-7-1-2-9-5(3-7)4-8/h5,8H,1-4H2. The molecule has 1 heterocycles. The number of hydrogen-bond donors (Lipinski definition) is 1. The number of aliphatic hydroxyl groups excluding tert-OH is 1. The van der Waals surface area contributed by atoms with E-state index in [1.54, 1.807) is 0 Å². The Balaban J connectivity index is 2.23. The molecule has 0 aromatic carbocycles. The van der Waals surface area contributed by atoms with Crippen LogP contribution in [0, 0.1) is 0 Å². The van der Waals surface area contributed by atoms with Crippen molar-refractivity contribution < 1.29 is 9.84 Å². The van der Waals surface area contributed by atoms with Crippen LogP contribution in [0.2, 0.25) is 0 Å². The minimum atomic E-state index is 0.0376. The molecule has 1 rings (SSSR count). The summed E-state index contributed by atoms with van der Waals surface area (Å²) in [6.07, 6.45) is 0.0376. The lowest BCUT2D eigenvalue weighted by Gasteiger charge is -2.26. The highest BCUT2D eigenvalue weighted by Crippen LogP contribution is 2.07. The second kappa shape index (κ2) is 3.70. The summed E-state index contributed by atoms with van der Waals surface area (Å²) >= 11 is 2.24. The summed E-state index contributed by atoms with van der Waals surface area (Å²) in [7, 11) is 0. The van der Waals surface area contributed by atoms with Crippen LogP contribution in [0.4, 0.5) is 0 Å². The van der Waals surface area contributed by atoms with Crippen LogP contribution in [0.5, 0.6) is 0 Å². The summed E-state index contributed by atoms with van der Waals surface area (Å²) in [4.78, 5) is 0. The van der Waals surface area contributed by atoms with Crippen molar-refractivity contribution in [1.29, 1.82) is 0 Å². The summed E-state index contributed by atoms with van der Waals surface area (Å²) < 4.78 is 7.33. The Morgan fingerprint density at radius 1 is 1.78 bits per heavy atom. The molecule has 0 aliphatic carbocycles. The molecule has 4 heteroatoms. The lowest BCUT2D eigenvalue weighted by atomic mass is 10.3. The van der Waals surface area contributed by atoms with Crippen LogP contribution in [0.1, 0.15) is 0 Å². The number of ether oxygens (including phenoxy) is 1. The molecule has 0 aromatic rings. The van der Waals surface area contributed by atoms with Crippen molar-refractivity contribution in [3.05, 3.63) is 0 Å². The smallest absolute Gasteiger partial charge is 0.0941 e. The number of morpholine rings is 1. The largest absolute Gasteiger partial charge is 0.394 e. The Hall–Kier alpha value is 0.610. The highest BCUT2D eigenvalue weighted by molar-refractivity contribution is 14.1. The zero-order valence-corrected chi connectivity index (χ0v) is 7.24. The molecule has 0 saturated carbocycles. The van der Waals surface area contributed by atoms with Crippen LogP contribution in [-0.2, 0) is 4.74 Å². The minimum Gasteiger partial charge on any atom is -0.394 e. The van der Waals surface area contributed by atoms with Crippen molar-refractivity contribution in [3.8, 4) is 0 Å². The van der Waals surface area contributed by atoms with Gasteiger partial charge in [-0.1, -0.05) is 0 Å². The zero-order chi connectivity index (χ0) is 6.69. The third-order valence-electron chi connectivity index (χ3n) is 1.29. The van der Waals surface area contributed by atoms with Gasteiger partial charge < -0.3 is 9.84 Å². The first-order valence-electron chi connectivity index (χ1n) is 2.96. The molecule has 1 fully saturated rings. The second-order valence-corrected chi connectivity index (χ2v) is 3.41. The molecular formula is C5H10INO2. The predicted octanol–water partition coefficient (Wildman–Crippen LogP) is 0.0295. The number of rotatable bonds is 1. The number of halogens is 1. The van der Waals surface area contributed by atoms with Gasteiger partial charge in [-0.15, -0.1) is 0 Å². The third kappa shape index (κ3) is 2.37. The van der Waals surface area contributed by atoms with Gasteiger partial charge in [0.25, 0.3) is 0 Å². The van der Waals surface area contributed by atoms with E-state index in [2.05, 4.69) is 26.0 Å². The molecule has 54 valence electrons. The average molecular weight is 243 g/mol. The Labute approximate surface area is 68.5 Å². The summed E-state index contributed by atoms with van der Waals surface area (Å²) in [5.74, 6) is 0. The quantitative estimate of drug-likeness (QED) is 0.521. The van der Waals surface area contributed by atoms with E-state index in [4.69, 9.17) is 9.84 Å². The number of nitrogens with zero attached hydrogens (tertiary/aromatic N) is 1. The van der Waals surface area contributed by atoms with Gasteiger partial charge in [0.2, 0.25) is 0 Å². The first-order valence-corrected chi connectivity index (χ1v) is 3.92. The Bertz CT molecular complexity index is 91.0. The van der Waals surface area contributed by atoms with E-state index in [0.29, 0.717) is 0 Å². The van der Waals surface area contributed by atoms with Crippen molar-refractivity contribution in [2.75, 3.05) is 26.3 Å². The molecule has 0 aromatic heterocycles. The highest BCUT2D eigenvalue weighted by Gasteiger charge is 2.16. The van der Waals surface area contributed by atoms with E-state index in [-0.39, 0.29) is 12.7 Å². The molecule has 1 N–H and O–H groups in total. The van der Waals surface area contributed by atoms with Crippen molar-refractivity contribution in [3.63, 3.8) is 0 Å². The van der Waals surface area contributed by atoms with E-state index in [1.807, 2.05) is 0 Å². The van der Waals surface area contributed by atoms with E-state index < -0.39 is 0 Å². The molecular weight excluding hydrogens is 233 g/mol. The molecule has 0 bridgehead atoms. The SMILES string of the molecule is OCC1CN(I)CCO1. The van der Waals surface area contributed by atoms with Gasteiger partial charge in [0, 0.05) is 36.0 Å². The fourth-order valence-electron chi connectivity index (χ4n) is 0.794. The summed E-state index contributed by atoms with van der Waals surface area (Å²) in [5.41, 5.74) is 0. The Morgan fingerprint density at radius 2 is 2.56 bits per heavy atom. The molecule has 1 aliphatic rings. The summed E-state index contributed by atoms with van der Waals surface area (Å²) in [6.45, 7) is 2.70. The average Bonchev–Trinajstić information content (AvgIpc) is 1.88. The lowest BCUT2D eigenvalue weighted by molar-refractivity contribution is -0.0238. The summed E-state index contributed by atoms with van der Waals surface area (Å²) in [6, 6.07) is 0. The molecule has 1 atom stereocenters. The monoisotopic (exact) mass is 243 g/mol. The van der Waals surface area contributed by atoms with Crippen LogP contribution in [0.15, 0.2) is 0 Å². The van der Waals surface area contributed by atoms with Gasteiger partial charge in [-0.25, -0.2) is 3.11 Å². The number of hydrogen-bond acceptors (Lipinski definition) is 3. The van der Waals surface area contributed by atoms with Crippen molar-refractivity contribution in [2.24, 2.45) is 0 Å². The van der Waals surface area contributed by atoms with Crippen molar-refractivity contribution >= 4 is 22.9 Å². The van der Waals surface area contributed by atoms with Crippen molar-refractivity contribution in [1.82, 2.24) is 3.11 Å². The maximum atomic E-state index is 8.65. The van der Waals surface area contributed by atoms with Gasteiger partial charge in [0.15, 0.2) is 0 Å². The lowest BCUT2D eigenvalue weighted by Crippen LogP contribution is -2.38. The first kappa shape index (κ1) is 7.71. The van der Waals surface area contributed by atoms with Gasteiger partial charge in [-0.05, 0) is 0 Å². The zero-order valence-electron chi connectivity index (χ0n) is 5.09. The Morgan fingerprint density at radius 3 is 3.00 bits per heavy atom. The van der Waals surface area contributed by atoms with Crippen LogP contribution >= 0.6 is 22.9 Å². The first-order chi connectivity index (χ1) is 4.33. The molecule has 1 unspecified atom stereocenters. The maximum absolute atomic E-state index is 8.65. The topological polar surface area (TPSA) is 32.7 Å². The normalized spacial score (nSPS) is 30.7. The molecule has 3 nitrogen and oxygen atoms in total. The van der Waals surface area contributed by atoms with E-state index in [1.165, 1.54) is 0 Å². The van der Waals surface area contributed by atoms with Gasteiger partial charge in [-0.3, -0.25) is 0 Å². The molecule has 1 aliphatic heterocycles. The fourth-order valence-corrected chi connectivity index (χ4v) is 1.43. The Kier molecular flexibility index (Phi) is 3.17. The summed E-state index contributed by atoms with van der Waals surface area (Å²) in [5, 5.41) is 8.65. The molecule has 1 saturated heterocycles. The van der Waals surface area contributed by atoms with E-state index in [9.17, 15) is 0 Å². The van der Waals surface area contributed by atoms with Crippen LogP contribution in [0.25, 0.3) is 0 Å².